The van der Waals surface area contributed by atoms with Gasteiger partial charge in [0, 0.05) is 10.8 Å². The first-order chi connectivity index (χ1) is 17.0. The summed E-state index contributed by atoms with van der Waals surface area (Å²) < 4.78 is 6.18. The molecular weight excluding hydrogens is 424 g/mol. The molecule has 5 aromatic carbocycles. The van der Waals surface area contributed by atoms with Crippen LogP contribution in [0.25, 0.3) is 55.3 Å². The van der Waals surface area contributed by atoms with Gasteiger partial charge in [0.2, 0.25) is 0 Å². The second-order valence-corrected chi connectivity index (χ2v) is 9.57. The molecule has 1 nitrogen and oxygen atoms in total. The SMILES string of the molecule is Cc1ccccc1-c1c(C)ccc(C)c1-c1cc(-c2cccc3oc4ccccc4c23)ccc1C. The number of hydrogen-bond donors (Lipinski definition) is 0. The van der Waals surface area contributed by atoms with Gasteiger partial charge in [0.05, 0.1) is 0 Å². The number of benzene rings is 5. The normalized spacial score (nSPS) is 11.4. The number of furan rings is 1. The lowest BCUT2D eigenvalue weighted by Gasteiger charge is -2.20. The van der Waals surface area contributed by atoms with Crippen molar-refractivity contribution in [2.24, 2.45) is 0 Å². The average Bonchev–Trinajstić information content (AvgIpc) is 3.25. The highest BCUT2D eigenvalue weighted by molar-refractivity contribution is 6.12. The molecule has 1 heterocycles. The Morgan fingerprint density at radius 2 is 1.06 bits per heavy atom. The molecule has 0 amide bonds. The van der Waals surface area contributed by atoms with E-state index in [0.717, 1.165) is 16.6 Å². The molecule has 6 rings (SSSR count). The Balaban J connectivity index is 1.64. The zero-order valence-electron chi connectivity index (χ0n) is 20.6. The lowest BCUT2D eigenvalue weighted by molar-refractivity contribution is 0.669. The van der Waals surface area contributed by atoms with Gasteiger partial charge in [-0.25, -0.2) is 0 Å². The van der Waals surface area contributed by atoms with Crippen LogP contribution in [0, 0.1) is 27.7 Å². The lowest BCUT2D eigenvalue weighted by Crippen LogP contribution is -1.96. The van der Waals surface area contributed by atoms with Gasteiger partial charge < -0.3 is 4.42 Å². The fourth-order valence-electron chi connectivity index (χ4n) is 5.43. The van der Waals surface area contributed by atoms with Gasteiger partial charge in [-0.05, 0) is 102 Å². The summed E-state index contributed by atoms with van der Waals surface area (Å²) in [5.41, 5.74) is 14.7. The first-order valence-electron chi connectivity index (χ1n) is 12.2. The third-order valence-electron chi connectivity index (χ3n) is 7.26. The molecule has 0 saturated heterocycles. The molecule has 1 aromatic heterocycles. The van der Waals surface area contributed by atoms with Crippen molar-refractivity contribution >= 4 is 21.9 Å². The van der Waals surface area contributed by atoms with E-state index in [1.807, 2.05) is 12.1 Å². The Bertz CT molecular complexity index is 1730. The zero-order chi connectivity index (χ0) is 24.1. The van der Waals surface area contributed by atoms with E-state index in [0.29, 0.717) is 0 Å². The summed E-state index contributed by atoms with van der Waals surface area (Å²) in [6, 6.07) is 34.8. The van der Waals surface area contributed by atoms with Crippen LogP contribution in [0.4, 0.5) is 0 Å². The largest absolute Gasteiger partial charge is 0.456 e. The monoisotopic (exact) mass is 452 g/mol. The van der Waals surface area contributed by atoms with Crippen molar-refractivity contribution in [3.8, 4) is 33.4 Å². The summed E-state index contributed by atoms with van der Waals surface area (Å²) in [6.45, 7) is 8.88. The zero-order valence-corrected chi connectivity index (χ0v) is 20.6. The first kappa shape index (κ1) is 21.4. The van der Waals surface area contributed by atoms with Crippen LogP contribution in [-0.4, -0.2) is 0 Å². The smallest absolute Gasteiger partial charge is 0.136 e. The molecule has 0 aliphatic rings. The maximum atomic E-state index is 6.18. The molecule has 0 bridgehead atoms. The molecule has 0 aliphatic heterocycles. The third-order valence-corrected chi connectivity index (χ3v) is 7.26. The van der Waals surface area contributed by atoms with Crippen molar-refractivity contribution in [3.05, 3.63) is 119 Å². The molecule has 35 heavy (non-hydrogen) atoms. The van der Waals surface area contributed by atoms with Crippen LogP contribution in [0.15, 0.2) is 101 Å². The van der Waals surface area contributed by atoms with E-state index >= 15 is 0 Å². The van der Waals surface area contributed by atoms with Crippen LogP contribution < -0.4 is 0 Å². The second-order valence-electron chi connectivity index (χ2n) is 9.57. The van der Waals surface area contributed by atoms with E-state index in [1.54, 1.807) is 0 Å². The van der Waals surface area contributed by atoms with Crippen molar-refractivity contribution in [2.45, 2.75) is 27.7 Å². The first-order valence-corrected chi connectivity index (χ1v) is 12.2. The summed E-state index contributed by atoms with van der Waals surface area (Å²) in [5, 5.41) is 2.34. The van der Waals surface area contributed by atoms with Gasteiger partial charge in [-0.15, -0.1) is 0 Å². The highest BCUT2D eigenvalue weighted by Gasteiger charge is 2.18. The van der Waals surface area contributed by atoms with E-state index < -0.39 is 0 Å². The quantitative estimate of drug-likeness (QED) is 0.260. The molecule has 0 aliphatic carbocycles. The number of aryl methyl sites for hydroxylation is 4. The highest BCUT2D eigenvalue weighted by Crippen LogP contribution is 2.43. The Hall–Kier alpha value is -4.10. The fourth-order valence-corrected chi connectivity index (χ4v) is 5.43. The van der Waals surface area contributed by atoms with Crippen LogP contribution in [0.3, 0.4) is 0 Å². The van der Waals surface area contributed by atoms with Gasteiger partial charge in [0.1, 0.15) is 11.2 Å². The van der Waals surface area contributed by atoms with Crippen LogP contribution in [0.5, 0.6) is 0 Å². The van der Waals surface area contributed by atoms with Crippen LogP contribution >= 0.6 is 0 Å². The maximum Gasteiger partial charge on any atom is 0.136 e. The Morgan fingerprint density at radius 3 is 1.86 bits per heavy atom. The summed E-state index contributed by atoms with van der Waals surface area (Å²) in [5.74, 6) is 0. The molecule has 0 radical (unpaired) electrons. The summed E-state index contributed by atoms with van der Waals surface area (Å²) in [4.78, 5) is 0. The van der Waals surface area contributed by atoms with Gasteiger partial charge >= 0.3 is 0 Å². The molecule has 170 valence electrons. The molecule has 0 saturated carbocycles. The minimum atomic E-state index is 0.929. The standard InChI is InChI=1S/C34H28O/c1-21-10-5-6-11-26(21)32-23(3)16-17-24(4)33(32)29-20-25(19-18-22(29)2)27-13-9-15-31-34(27)28-12-7-8-14-30(28)35-31/h5-20H,1-4H3. The van der Waals surface area contributed by atoms with E-state index in [-0.39, 0.29) is 0 Å². The third kappa shape index (κ3) is 3.47. The van der Waals surface area contributed by atoms with E-state index in [9.17, 15) is 0 Å². The molecule has 0 atom stereocenters. The fraction of sp³-hybridized carbons (Fsp3) is 0.118. The van der Waals surface area contributed by atoms with E-state index in [2.05, 4.69) is 113 Å². The number of rotatable bonds is 3. The number of para-hydroxylation sites is 1. The van der Waals surface area contributed by atoms with E-state index in [4.69, 9.17) is 4.42 Å². The van der Waals surface area contributed by atoms with Crippen molar-refractivity contribution in [1.29, 1.82) is 0 Å². The van der Waals surface area contributed by atoms with Gasteiger partial charge in [-0.2, -0.15) is 0 Å². The van der Waals surface area contributed by atoms with Crippen LogP contribution in [0.1, 0.15) is 22.3 Å². The molecule has 0 fully saturated rings. The van der Waals surface area contributed by atoms with Crippen molar-refractivity contribution < 1.29 is 4.42 Å². The summed E-state index contributed by atoms with van der Waals surface area (Å²) in [7, 11) is 0. The number of hydrogen-bond acceptors (Lipinski definition) is 1. The molecule has 0 N–H and O–H groups in total. The highest BCUT2D eigenvalue weighted by atomic mass is 16.3. The van der Waals surface area contributed by atoms with Crippen molar-refractivity contribution in [2.75, 3.05) is 0 Å². The number of fused-ring (bicyclic) bond motifs is 3. The van der Waals surface area contributed by atoms with Crippen LogP contribution in [0.2, 0.25) is 0 Å². The Kier molecular flexibility index (Phi) is 5.07. The van der Waals surface area contributed by atoms with Crippen molar-refractivity contribution in [3.63, 3.8) is 0 Å². The maximum absolute atomic E-state index is 6.18. The van der Waals surface area contributed by atoms with Gasteiger partial charge in [0.25, 0.3) is 0 Å². The minimum Gasteiger partial charge on any atom is -0.456 e. The average molecular weight is 453 g/mol. The van der Waals surface area contributed by atoms with Gasteiger partial charge in [0.15, 0.2) is 0 Å². The minimum absolute atomic E-state index is 0.929. The van der Waals surface area contributed by atoms with Gasteiger partial charge in [-0.1, -0.05) is 78.9 Å². The Morgan fingerprint density at radius 1 is 0.457 bits per heavy atom. The topological polar surface area (TPSA) is 13.1 Å². The predicted octanol–water partition coefficient (Wildman–Crippen LogP) is 9.82. The summed E-state index contributed by atoms with van der Waals surface area (Å²) >= 11 is 0. The second kappa shape index (κ2) is 8.29. The van der Waals surface area contributed by atoms with Crippen LogP contribution in [-0.2, 0) is 0 Å². The predicted molar refractivity (Wildman–Crippen MR) is 149 cm³/mol. The molecule has 6 aromatic rings. The molecule has 1 heteroatoms. The Labute approximate surface area is 206 Å². The van der Waals surface area contributed by atoms with E-state index in [1.165, 1.54) is 61.0 Å². The molecule has 0 spiro atoms. The van der Waals surface area contributed by atoms with Crippen molar-refractivity contribution in [1.82, 2.24) is 0 Å². The molecule has 0 unspecified atom stereocenters. The van der Waals surface area contributed by atoms with Gasteiger partial charge in [-0.3, -0.25) is 0 Å². The lowest BCUT2D eigenvalue weighted by atomic mass is 9.84. The molecular formula is C34H28O. The summed E-state index contributed by atoms with van der Waals surface area (Å²) in [6.07, 6.45) is 0.